The Morgan fingerprint density at radius 1 is 0.846 bits per heavy atom. The molecule has 4 nitrogen and oxygen atoms in total. The van der Waals surface area contributed by atoms with Crippen LogP contribution in [0.25, 0.3) is 11.1 Å². The zero-order chi connectivity index (χ0) is 18.5. The van der Waals surface area contributed by atoms with E-state index in [0.717, 1.165) is 11.1 Å². The minimum absolute atomic E-state index is 0.102. The van der Waals surface area contributed by atoms with E-state index in [0.29, 0.717) is 22.6 Å². The molecule has 26 heavy (non-hydrogen) atoms. The Balaban J connectivity index is 1.93. The Bertz CT molecular complexity index is 931. The van der Waals surface area contributed by atoms with Gasteiger partial charge in [0.05, 0.1) is 12.8 Å². The average molecular weight is 345 g/mol. The number of nitrogens with one attached hydrogen (secondary N) is 1. The Morgan fingerprint density at radius 3 is 2.15 bits per heavy atom. The van der Waals surface area contributed by atoms with Crippen LogP contribution >= 0.6 is 0 Å². The summed E-state index contributed by atoms with van der Waals surface area (Å²) in [5, 5.41) is 2.86. The third-order valence-electron chi connectivity index (χ3n) is 4.11. The number of ether oxygens (including phenoxy) is 1. The number of benzene rings is 3. The SMILES string of the molecule is COc1ccc(C(=O)Nc2cc(-c3ccccc3)ccc2C(C)=O)cc1. The first-order chi connectivity index (χ1) is 12.6. The molecule has 0 atom stereocenters. The lowest BCUT2D eigenvalue weighted by atomic mass is 10.0. The van der Waals surface area contributed by atoms with Crippen molar-refractivity contribution >= 4 is 17.4 Å². The molecule has 0 aromatic heterocycles. The molecule has 4 heteroatoms. The molecular formula is C22H19NO3. The number of carbonyl (C=O) groups excluding carboxylic acids is 2. The van der Waals surface area contributed by atoms with Crippen LogP contribution in [0.2, 0.25) is 0 Å². The minimum Gasteiger partial charge on any atom is -0.497 e. The van der Waals surface area contributed by atoms with E-state index in [1.807, 2.05) is 42.5 Å². The third-order valence-corrected chi connectivity index (χ3v) is 4.11. The van der Waals surface area contributed by atoms with Gasteiger partial charge in [-0.05, 0) is 54.4 Å². The molecule has 3 aromatic carbocycles. The lowest BCUT2D eigenvalue weighted by Crippen LogP contribution is -2.14. The Kier molecular flexibility index (Phi) is 5.13. The van der Waals surface area contributed by atoms with Crippen LogP contribution in [0.1, 0.15) is 27.6 Å². The summed E-state index contributed by atoms with van der Waals surface area (Å²) >= 11 is 0. The minimum atomic E-state index is -0.277. The molecule has 0 spiro atoms. The molecule has 0 saturated heterocycles. The van der Waals surface area contributed by atoms with Crippen molar-refractivity contribution < 1.29 is 14.3 Å². The molecule has 1 N–H and O–H groups in total. The van der Waals surface area contributed by atoms with Crippen molar-refractivity contribution in [1.82, 2.24) is 0 Å². The normalized spacial score (nSPS) is 10.2. The lowest BCUT2D eigenvalue weighted by molar-refractivity contribution is 0.101. The molecule has 3 aromatic rings. The maximum Gasteiger partial charge on any atom is 0.255 e. The van der Waals surface area contributed by atoms with E-state index in [1.165, 1.54) is 6.92 Å². The van der Waals surface area contributed by atoms with Gasteiger partial charge in [-0.15, -0.1) is 0 Å². The van der Waals surface area contributed by atoms with Gasteiger partial charge in [-0.1, -0.05) is 36.4 Å². The first-order valence-corrected chi connectivity index (χ1v) is 8.24. The van der Waals surface area contributed by atoms with Crippen LogP contribution in [0.3, 0.4) is 0 Å². The van der Waals surface area contributed by atoms with Gasteiger partial charge in [0.15, 0.2) is 5.78 Å². The van der Waals surface area contributed by atoms with Gasteiger partial charge in [0.1, 0.15) is 5.75 Å². The van der Waals surface area contributed by atoms with Crippen molar-refractivity contribution in [1.29, 1.82) is 0 Å². The highest BCUT2D eigenvalue weighted by Gasteiger charge is 2.13. The summed E-state index contributed by atoms with van der Waals surface area (Å²) in [5.74, 6) is 0.298. The van der Waals surface area contributed by atoms with Crippen molar-refractivity contribution in [3.05, 3.63) is 83.9 Å². The maximum absolute atomic E-state index is 12.6. The molecule has 1 amide bonds. The molecule has 130 valence electrons. The van der Waals surface area contributed by atoms with E-state index in [9.17, 15) is 9.59 Å². The van der Waals surface area contributed by atoms with E-state index >= 15 is 0 Å². The Morgan fingerprint density at radius 2 is 1.54 bits per heavy atom. The zero-order valence-electron chi connectivity index (χ0n) is 14.7. The molecule has 0 saturated carbocycles. The van der Waals surface area contributed by atoms with Crippen molar-refractivity contribution in [2.75, 3.05) is 12.4 Å². The predicted molar refractivity (Wildman–Crippen MR) is 103 cm³/mol. The fourth-order valence-electron chi connectivity index (χ4n) is 2.70. The summed E-state index contributed by atoms with van der Waals surface area (Å²) in [5.41, 5.74) is 3.42. The second kappa shape index (κ2) is 7.66. The standard InChI is InChI=1S/C22H19NO3/c1-15(24)20-13-10-18(16-6-4-3-5-7-16)14-21(20)23-22(25)17-8-11-19(26-2)12-9-17/h3-14H,1-2H3,(H,23,25). The molecule has 0 aliphatic heterocycles. The van der Waals surface area contributed by atoms with E-state index in [1.54, 1.807) is 37.4 Å². The van der Waals surface area contributed by atoms with Gasteiger partial charge in [0, 0.05) is 11.1 Å². The number of hydrogen-bond acceptors (Lipinski definition) is 3. The number of rotatable bonds is 5. The second-order valence-electron chi connectivity index (χ2n) is 5.87. The van der Waals surface area contributed by atoms with Crippen LogP contribution in [-0.4, -0.2) is 18.8 Å². The van der Waals surface area contributed by atoms with Gasteiger partial charge in [-0.3, -0.25) is 9.59 Å². The summed E-state index contributed by atoms with van der Waals surface area (Å²) < 4.78 is 5.11. The monoisotopic (exact) mass is 345 g/mol. The van der Waals surface area contributed by atoms with Gasteiger partial charge in [0.2, 0.25) is 0 Å². The molecule has 0 heterocycles. The van der Waals surface area contributed by atoms with Crippen molar-refractivity contribution in [2.24, 2.45) is 0 Å². The Hall–Kier alpha value is -3.40. The highest BCUT2D eigenvalue weighted by atomic mass is 16.5. The number of carbonyl (C=O) groups is 2. The predicted octanol–water partition coefficient (Wildman–Crippen LogP) is 4.82. The largest absolute Gasteiger partial charge is 0.497 e. The number of anilines is 1. The zero-order valence-corrected chi connectivity index (χ0v) is 14.7. The topological polar surface area (TPSA) is 55.4 Å². The highest BCUT2D eigenvalue weighted by Crippen LogP contribution is 2.26. The number of hydrogen-bond donors (Lipinski definition) is 1. The molecule has 3 rings (SSSR count). The lowest BCUT2D eigenvalue weighted by Gasteiger charge is -2.12. The quantitative estimate of drug-likeness (QED) is 0.675. The molecule has 0 aliphatic rings. The van der Waals surface area contributed by atoms with Gasteiger partial charge in [-0.2, -0.15) is 0 Å². The molecule has 0 unspecified atom stereocenters. The van der Waals surface area contributed by atoms with Gasteiger partial charge < -0.3 is 10.1 Å². The number of Topliss-reactive ketones (excluding diaryl/α,β-unsaturated/α-hetero) is 1. The summed E-state index contributed by atoms with van der Waals surface area (Å²) in [6, 6.07) is 22.1. The summed E-state index contributed by atoms with van der Waals surface area (Å²) in [6.07, 6.45) is 0. The Labute approximate surface area is 152 Å². The maximum atomic E-state index is 12.6. The van der Waals surface area contributed by atoms with Crippen LogP contribution in [0.5, 0.6) is 5.75 Å². The highest BCUT2D eigenvalue weighted by molar-refractivity contribution is 6.09. The molecule has 0 bridgehead atoms. The van der Waals surface area contributed by atoms with E-state index < -0.39 is 0 Å². The van der Waals surface area contributed by atoms with E-state index in [4.69, 9.17) is 4.74 Å². The van der Waals surface area contributed by atoms with Crippen LogP contribution in [0.15, 0.2) is 72.8 Å². The van der Waals surface area contributed by atoms with Crippen LogP contribution < -0.4 is 10.1 Å². The first kappa shape index (κ1) is 17.4. The van der Waals surface area contributed by atoms with Crippen molar-refractivity contribution in [3.8, 4) is 16.9 Å². The average Bonchev–Trinajstić information content (AvgIpc) is 2.68. The third kappa shape index (κ3) is 3.81. The molecular weight excluding hydrogens is 326 g/mol. The number of amides is 1. The summed E-state index contributed by atoms with van der Waals surface area (Å²) in [6.45, 7) is 1.49. The summed E-state index contributed by atoms with van der Waals surface area (Å²) in [7, 11) is 1.57. The van der Waals surface area contributed by atoms with Gasteiger partial charge in [0.25, 0.3) is 5.91 Å². The van der Waals surface area contributed by atoms with Crippen LogP contribution in [-0.2, 0) is 0 Å². The number of methoxy groups -OCH3 is 1. The van der Waals surface area contributed by atoms with Gasteiger partial charge >= 0.3 is 0 Å². The van der Waals surface area contributed by atoms with Crippen LogP contribution in [0.4, 0.5) is 5.69 Å². The first-order valence-electron chi connectivity index (χ1n) is 8.24. The smallest absolute Gasteiger partial charge is 0.255 e. The number of ketones is 1. The van der Waals surface area contributed by atoms with Gasteiger partial charge in [-0.25, -0.2) is 0 Å². The van der Waals surface area contributed by atoms with E-state index in [-0.39, 0.29) is 11.7 Å². The molecule has 0 aliphatic carbocycles. The fourth-order valence-corrected chi connectivity index (χ4v) is 2.70. The van der Waals surface area contributed by atoms with Crippen LogP contribution in [0, 0.1) is 0 Å². The van der Waals surface area contributed by atoms with Crippen molar-refractivity contribution in [3.63, 3.8) is 0 Å². The van der Waals surface area contributed by atoms with E-state index in [2.05, 4.69) is 5.32 Å². The molecule has 0 radical (unpaired) electrons. The molecule has 0 fully saturated rings. The second-order valence-corrected chi connectivity index (χ2v) is 5.87. The van der Waals surface area contributed by atoms with Crippen molar-refractivity contribution in [2.45, 2.75) is 6.92 Å². The fraction of sp³-hybridized carbons (Fsp3) is 0.0909. The summed E-state index contributed by atoms with van der Waals surface area (Å²) in [4.78, 5) is 24.5.